The van der Waals surface area contributed by atoms with Gasteiger partial charge in [0.2, 0.25) is 0 Å². The lowest BCUT2D eigenvalue weighted by Gasteiger charge is -2.33. The predicted octanol–water partition coefficient (Wildman–Crippen LogP) is 4.39. The molecule has 8 nitrogen and oxygen atoms in total. The molecule has 0 atom stereocenters. The highest BCUT2D eigenvalue weighted by Gasteiger charge is 2.18. The molecule has 8 heteroatoms. The zero-order valence-electron chi connectivity index (χ0n) is 19.1. The van der Waals surface area contributed by atoms with Gasteiger partial charge >= 0.3 is 6.03 Å². The van der Waals surface area contributed by atoms with Crippen molar-refractivity contribution in [3.8, 4) is 11.5 Å². The van der Waals surface area contributed by atoms with Crippen molar-refractivity contribution < 1.29 is 14.4 Å². The highest BCUT2D eigenvalue weighted by Crippen LogP contribution is 2.24. The first-order chi connectivity index (χ1) is 16.0. The molecule has 2 aromatic carbocycles. The molecule has 2 amide bonds. The van der Waals surface area contributed by atoms with Gasteiger partial charge in [0, 0.05) is 49.1 Å². The maximum atomic E-state index is 12.3. The number of nitrogens with one attached hydrogen (secondary N) is 2. The Morgan fingerprint density at radius 2 is 1.82 bits per heavy atom. The third-order valence-electron chi connectivity index (χ3n) is 5.98. The van der Waals surface area contributed by atoms with Crippen LogP contribution in [0.2, 0.25) is 0 Å². The van der Waals surface area contributed by atoms with Crippen LogP contribution in [0.3, 0.4) is 0 Å². The number of hydrogen-bond acceptors (Lipinski definition) is 6. The van der Waals surface area contributed by atoms with Crippen molar-refractivity contribution in [3.63, 3.8) is 0 Å². The van der Waals surface area contributed by atoms with E-state index in [4.69, 9.17) is 4.52 Å². The lowest BCUT2D eigenvalue weighted by Crippen LogP contribution is -2.34. The van der Waals surface area contributed by atoms with Gasteiger partial charge in [-0.05, 0) is 60.7 Å². The second-order valence-corrected chi connectivity index (χ2v) is 8.78. The third kappa shape index (κ3) is 5.90. The van der Waals surface area contributed by atoms with E-state index in [2.05, 4.69) is 37.8 Å². The summed E-state index contributed by atoms with van der Waals surface area (Å²) < 4.78 is 5.30. The summed E-state index contributed by atoms with van der Waals surface area (Å²) in [5, 5.41) is 19.0. The highest BCUT2D eigenvalue weighted by atomic mass is 16.5. The minimum absolute atomic E-state index is 0.202. The van der Waals surface area contributed by atoms with Crippen LogP contribution in [0.5, 0.6) is 0 Å². The van der Waals surface area contributed by atoms with E-state index in [-0.39, 0.29) is 18.6 Å². The Bertz CT molecular complexity index is 1040. The van der Waals surface area contributed by atoms with Crippen molar-refractivity contribution in [2.24, 2.45) is 5.92 Å². The van der Waals surface area contributed by atoms with Gasteiger partial charge in [-0.3, -0.25) is 0 Å². The lowest BCUT2D eigenvalue weighted by atomic mass is 9.97. The number of hydrogen-bond donors (Lipinski definition) is 3. The van der Waals surface area contributed by atoms with E-state index in [0.29, 0.717) is 29.9 Å². The van der Waals surface area contributed by atoms with E-state index in [1.54, 1.807) is 0 Å². The molecule has 33 heavy (non-hydrogen) atoms. The molecule has 3 aromatic rings. The van der Waals surface area contributed by atoms with Crippen LogP contribution < -0.4 is 15.5 Å². The zero-order chi connectivity index (χ0) is 23.2. The molecule has 1 fully saturated rings. The van der Waals surface area contributed by atoms with Gasteiger partial charge in [-0.1, -0.05) is 31.1 Å². The molecule has 1 aromatic heterocycles. The average molecular weight is 450 g/mol. The van der Waals surface area contributed by atoms with Gasteiger partial charge in [0.05, 0.1) is 0 Å². The highest BCUT2D eigenvalue weighted by molar-refractivity contribution is 5.89. The van der Waals surface area contributed by atoms with Crippen molar-refractivity contribution in [2.45, 2.75) is 39.2 Å². The Labute approximate surface area is 194 Å². The van der Waals surface area contributed by atoms with Crippen molar-refractivity contribution in [1.29, 1.82) is 0 Å². The Morgan fingerprint density at radius 1 is 1.12 bits per heavy atom. The Kier molecular flexibility index (Phi) is 7.24. The summed E-state index contributed by atoms with van der Waals surface area (Å²) in [4.78, 5) is 19.0. The standard InChI is InChI=1S/C25H31N5O3/c1-17(2)23-28-24(33-29-23)20-5-7-21(8-6-20)27-25(32)26-15-18-3-9-22(10-4-18)30-13-11-19(16-31)12-14-30/h3-10,17,19,31H,11-16H2,1-2H3,(H2,26,27,32). The Morgan fingerprint density at radius 3 is 2.42 bits per heavy atom. The second kappa shape index (κ2) is 10.5. The average Bonchev–Trinajstić information content (AvgIpc) is 3.34. The fraction of sp³-hybridized carbons (Fsp3) is 0.400. The van der Waals surface area contributed by atoms with Gasteiger partial charge in [0.1, 0.15) is 0 Å². The number of rotatable bonds is 7. The van der Waals surface area contributed by atoms with E-state index in [0.717, 1.165) is 37.1 Å². The molecular formula is C25H31N5O3. The smallest absolute Gasteiger partial charge is 0.319 e. The number of anilines is 2. The number of carbonyl (C=O) groups is 1. The van der Waals surface area contributed by atoms with Crippen molar-refractivity contribution in [2.75, 3.05) is 29.9 Å². The van der Waals surface area contributed by atoms with Gasteiger partial charge in [0.15, 0.2) is 5.82 Å². The quantitative estimate of drug-likeness (QED) is 0.494. The lowest BCUT2D eigenvalue weighted by molar-refractivity contribution is 0.203. The van der Waals surface area contributed by atoms with Gasteiger partial charge in [-0.25, -0.2) is 4.79 Å². The number of benzene rings is 2. The molecule has 0 unspecified atom stereocenters. The van der Waals surface area contributed by atoms with Crippen molar-refractivity contribution >= 4 is 17.4 Å². The molecule has 0 aliphatic carbocycles. The third-order valence-corrected chi connectivity index (χ3v) is 5.98. The van der Waals surface area contributed by atoms with E-state index in [1.807, 2.05) is 50.2 Å². The number of nitrogens with zero attached hydrogens (tertiary/aromatic N) is 3. The van der Waals surface area contributed by atoms with Crippen LogP contribution in [0.15, 0.2) is 53.1 Å². The summed E-state index contributed by atoms with van der Waals surface area (Å²) >= 11 is 0. The largest absolute Gasteiger partial charge is 0.396 e. The van der Waals surface area contributed by atoms with Gasteiger partial charge < -0.3 is 25.2 Å². The van der Waals surface area contributed by atoms with Gasteiger partial charge in [0.25, 0.3) is 5.89 Å². The van der Waals surface area contributed by atoms with Crippen LogP contribution in [-0.4, -0.2) is 41.0 Å². The van der Waals surface area contributed by atoms with Gasteiger partial charge in [-0.2, -0.15) is 4.98 Å². The zero-order valence-corrected chi connectivity index (χ0v) is 19.1. The van der Waals surface area contributed by atoms with E-state index in [9.17, 15) is 9.90 Å². The molecule has 174 valence electrons. The second-order valence-electron chi connectivity index (χ2n) is 8.78. The van der Waals surface area contributed by atoms with E-state index in [1.165, 1.54) is 5.69 Å². The molecule has 1 aliphatic rings. The fourth-order valence-electron chi connectivity index (χ4n) is 3.84. The number of aromatic nitrogens is 2. The van der Waals surface area contributed by atoms with Crippen LogP contribution in [0, 0.1) is 5.92 Å². The predicted molar refractivity (Wildman–Crippen MR) is 128 cm³/mol. The topological polar surface area (TPSA) is 104 Å². The molecule has 1 saturated heterocycles. The minimum atomic E-state index is -0.266. The summed E-state index contributed by atoms with van der Waals surface area (Å²) in [5.41, 5.74) is 3.70. The maximum Gasteiger partial charge on any atom is 0.319 e. The normalized spacial score (nSPS) is 14.5. The molecule has 4 rings (SSSR count). The van der Waals surface area contributed by atoms with Crippen LogP contribution in [-0.2, 0) is 6.54 Å². The maximum absolute atomic E-state index is 12.3. The summed E-state index contributed by atoms with van der Waals surface area (Å²) in [6, 6.07) is 15.3. The molecule has 3 N–H and O–H groups in total. The van der Waals surface area contributed by atoms with Crippen molar-refractivity contribution in [3.05, 3.63) is 59.9 Å². The Balaban J connectivity index is 1.25. The minimum Gasteiger partial charge on any atom is -0.396 e. The first kappa shape index (κ1) is 22.8. The number of aliphatic hydroxyl groups is 1. The molecule has 2 heterocycles. The first-order valence-corrected chi connectivity index (χ1v) is 11.5. The molecule has 1 aliphatic heterocycles. The Hall–Kier alpha value is -3.39. The number of aliphatic hydroxyl groups excluding tert-OH is 1. The van der Waals surface area contributed by atoms with Crippen LogP contribution >= 0.6 is 0 Å². The number of urea groups is 1. The van der Waals surface area contributed by atoms with E-state index < -0.39 is 0 Å². The van der Waals surface area contributed by atoms with Crippen LogP contribution in [0.1, 0.15) is 44.0 Å². The number of piperidine rings is 1. The van der Waals surface area contributed by atoms with E-state index >= 15 is 0 Å². The fourth-order valence-corrected chi connectivity index (χ4v) is 3.84. The molecule has 0 saturated carbocycles. The monoisotopic (exact) mass is 449 g/mol. The summed E-state index contributed by atoms with van der Waals surface area (Å²) in [5.74, 6) is 1.77. The summed E-state index contributed by atoms with van der Waals surface area (Å²) in [6.07, 6.45) is 2.05. The van der Waals surface area contributed by atoms with Crippen LogP contribution in [0.25, 0.3) is 11.5 Å². The van der Waals surface area contributed by atoms with Gasteiger partial charge in [-0.15, -0.1) is 0 Å². The van der Waals surface area contributed by atoms with Crippen molar-refractivity contribution in [1.82, 2.24) is 15.5 Å². The molecule has 0 spiro atoms. The first-order valence-electron chi connectivity index (χ1n) is 11.5. The summed E-state index contributed by atoms with van der Waals surface area (Å²) in [6.45, 7) is 6.68. The number of amides is 2. The molecule has 0 bridgehead atoms. The SMILES string of the molecule is CC(C)c1noc(-c2ccc(NC(=O)NCc3ccc(N4CCC(CO)CC4)cc3)cc2)n1. The number of carbonyl (C=O) groups excluding carboxylic acids is 1. The molecule has 0 radical (unpaired) electrons. The van der Waals surface area contributed by atoms with Crippen LogP contribution in [0.4, 0.5) is 16.2 Å². The molecular weight excluding hydrogens is 418 g/mol. The summed E-state index contributed by atoms with van der Waals surface area (Å²) in [7, 11) is 0.